The van der Waals surface area contributed by atoms with E-state index < -0.39 is 0 Å². The first-order valence-corrected chi connectivity index (χ1v) is 8.34. The van der Waals surface area contributed by atoms with Gasteiger partial charge in [0.25, 0.3) is 0 Å². The van der Waals surface area contributed by atoms with Crippen molar-refractivity contribution in [2.45, 2.75) is 26.8 Å². The second-order valence-electron chi connectivity index (χ2n) is 5.77. The molecule has 3 N–H and O–H groups in total. The molecule has 0 unspecified atom stereocenters. The summed E-state index contributed by atoms with van der Waals surface area (Å²) in [4.78, 5) is 4.27. The second-order valence-corrected chi connectivity index (χ2v) is 5.77. The summed E-state index contributed by atoms with van der Waals surface area (Å²) in [6.45, 7) is 6.64. The first-order valence-electron chi connectivity index (χ1n) is 8.34. The van der Waals surface area contributed by atoms with Crippen molar-refractivity contribution in [2.24, 2.45) is 12.0 Å². The molecule has 0 bridgehead atoms. The molecular formula is C18H28N6. The van der Waals surface area contributed by atoms with Gasteiger partial charge in [0, 0.05) is 50.7 Å². The van der Waals surface area contributed by atoms with Crippen molar-refractivity contribution in [1.82, 2.24) is 20.4 Å². The number of aliphatic imine (C=N–C) groups is 1. The molecule has 6 heteroatoms. The lowest BCUT2D eigenvalue weighted by Gasteiger charge is -2.12. The number of hydrogen-bond donors (Lipinski definition) is 3. The molecule has 1 aromatic carbocycles. The van der Waals surface area contributed by atoms with E-state index in [1.165, 1.54) is 11.3 Å². The molecule has 0 spiro atoms. The zero-order valence-electron chi connectivity index (χ0n) is 15.1. The minimum absolute atomic E-state index is 0.730. The van der Waals surface area contributed by atoms with Gasteiger partial charge in [-0.1, -0.05) is 18.2 Å². The normalized spacial score (nSPS) is 11.4. The van der Waals surface area contributed by atoms with Gasteiger partial charge >= 0.3 is 0 Å². The van der Waals surface area contributed by atoms with Crippen LogP contribution in [0.2, 0.25) is 0 Å². The number of aromatic nitrogens is 2. The minimum Gasteiger partial charge on any atom is -0.385 e. The van der Waals surface area contributed by atoms with Crippen molar-refractivity contribution in [1.29, 1.82) is 0 Å². The van der Waals surface area contributed by atoms with Crippen molar-refractivity contribution >= 4 is 11.6 Å². The Bertz CT molecular complexity index is 660. The average molecular weight is 328 g/mol. The zero-order chi connectivity index (χ0) is 17.4. The predicted molar refractivity (Wildman–Crippen MR) is 100 cm³/mol. The Morgan fingerprint density at radius 3 is 2.50 bits per heavy atom. The fourth-order valence-electron chi connectivity index (χ4n) is 2.55. The lowest BCUT2D eigenvalue weighted by Crippen LogP contribution is -2.37. The van der Waals surface area contributed by atoms with E-state index in [4.69, 9.17) is 0 Å². The number of benzene rings is 1. The molecule has 0 saturated heterocycles. The van der Waals surface area contributed by atoms with Crippen LogP contribution in [-0.2, 0) is 13.6 Å². The number of nitrogens with zero attached hydrogens (tertiary/aromatic N) is 3. The maximum atomic E-state index is 4.44. The Balaban J connectivity index is 1.69. The van der Waals surface area contributed by atoms with Crippen LogP contribution in [0.5, 0.6) is 0 Å². The first-order chi connectivity index (χ1) is 11.6. The van der Waals surface area contributed by atoms with Gasteiger partial charge in [-0.15, -0.1) is 0 Å². The van der Waals surface area contributed by atoms with Gasteiger partial charge < -0.3 is 16.0 Å². The summed E-state index contributed by atoms with van der Waals surface area (Å²) in [7, 11) is 3.76. The Labute approximate surface area is 144 Å². The highest BCUT2D eigenvalue weighted by Gasteiger charge is 2.09. The van der Waals surface area contributed by atoms with Crippen molar-refractivity contribution in [3.8, 4) is 0 Å². The molecule has 2 aromatic rings. The van der Waals surface area contributed by atoms with Gasteiger partial charge in [-0.2, -0.15) is 5.10 Å². The van der Waals surface area contributed by atoms with E-state index in [0.29, 0.717) is 0 Å². The Kier molecular flexibility index (Phi) is 6.66. The Morgan fingerprint density at radius 2 is 1.88 bits per heavy atom. The average Bonchev–Trinajstić information content (AvgIpc) is 2.83. The highest BCUT2D eigenvalue weighted by atomic mass is 15.3. The minimum atomic E-state index is 0.730. The zero-order valence-corrected chi connectivity index (χ0v) is 15.1. The second kappa shape index (κ2) is 8.96. The SMILES string of the molecule is CN=C(NCCCNc1ccccc1)NCc1c(C)nn(C)c1C. The number of guanidine groups is 1. The maximum Gasteiger partial charge on any atom is 0.191 e. The molecule has 130 valence electrons. The fourth-order valence-corrected chi connectivity index (χ4v) is 2.55. The van der Waals surface area contributed by atoms with E-state index in [9.17, 15) is 0 Å². The summed E-state index contributed by atoms with van der Waals surface area (Å²) < 4.78 is 1.91. The number of rotatable bonds is 7. The predicted octanol–water partition coefficient (Wildman–Crippen LogP) is 2.20. The van der Waals surface area contributed by atoms with Crippen molar-refractivity contribution < 1.29 is 0 Å². The molecule has 0 amide bonds. The van der Waals surface area contributed by atoms with Crippen LogP contribution in [0.4, 0.5) is 5.69 Å². The van der Waals surface area contributed by atoms with Gasteiger partial charge in [0.2, 0.25) is 0 Å². The summed E-state index contributed by atoms with van der Waals surface area (Å²) in [5.41, 5.74) is 4.63. The number of anilines is 1. The molecular weight excluding hydrogens is 300 g/mol. The topological polar surface area (TPSA) is 66.3 Å². The molecule has 1 aromatic heterocycles. The van der Waals surface area contributed by atoms with Crippen LogP contribution < -0.4 is 16.0 Å². The number of nitrogens with one attached hydrogen (secondary N) is 3. The Morgan fingerprint density at radius 1 is 1.12 bits per heavy atom. The van der Waals surface area contributed by atoms with Crippen molar-refractivity contribution in [3.63, 3.8) is 0 Å². The van der Waals surface area contributed by atoms with Crippen molar-refractivity contribution in [3.05, 3.63) is 47.3 Å². The van der Waals surface area contributed by atoms with E-state index in [-0.39, 0.29) is 0 Å². The quantitative estimate of drug-likeness (QED) is 0.414. The number of hydrogen-bond acceptors (Lipinski definition) is 3. The van der Waals surface area contributed by atoms with Gasteiger partial charge in [0.05, 0.1) is 5.69 Å². The van der Waals surface area contributed by atoms with Crippen LogP contribution in [0.1, 0.15) is 23.4 Å². The molecule has 0 fully saturated rings. The van der Waals surface area contributed by atoms with E-state index in [2.05, 4.69) is 45.1 Å². The van der Waals surface area contributed by atoms with E-state index >= 15 is 0 Å². The van der Waals surface area contributed by atoms with Crippen LogP contribution in [-0.4, -0.2) is 35.9 Å². The third kappa shape index (κ3) is 5.01. The number of para-hydroxylation sites is 1. The fraction of sp³-hybridized carbons (Fsp3) is 0.444. The molecule has 1 heterocycles. The van der Waals surface area contributed by atoms with Crippen molar-refractivity contribution in [2.75, 3.05) is 25.5 Å². The van der Waals surface area contributed by atoms with Gasteiger partial charge in [0.15, 0.2) is 5.96 Å². The van der Waals surface area contributed by atoms with Crippen LogP contribution in [0.15, 0.2) is 35.3 Å². The summed E-state index contributed by atoms with van der Waals surface area (Å²) >= 11 is 0. The highest BCUT2D eigenvalue weighted by molar-refractivity contribution is 5.79. The Hall–Kier alpha value is -2.50. The largest absolute Gasteiger partial charge is 0.385 e. The molecule has 0 radical (unpaired) electrons. The molecule has 0 aliphatic rings. The van der Waals surface area contributed by atoms with E-state index in [0.717, 1.165) is 43.4 Å². The highest BCUT2D eigenvalue weighted by Crippen LogP contribution is 2.11. The smallest absolute Gasteiger partial charge is 0.191 e. The van der Waals surface area contributed by atoms with Crippen LogP contribution in [0, 0.1) is 13.8 Å². The summed E-state index contributed by atoms with van der Waals surface area (Å²) in [5, 5.41) is 14.5. The molecule has 0 atom stereocenters. The molecule has 2 rings (SSSR count). The molecule has 0 aliphatic heterocycles. The summed E-state index contributed by atoms with van der Waals surface area (Å²) in [6.07, 6.45) is 1.01. The third-order valence-electron chi connectivity index (χ3n) is 4.06. The van der Waals surface area contributed by atoms with E-state index in [1.54, 1.807) is 7.05 Å². The van der Waals surface area contributed by atoms with Gasteiger partial charge in [-0.05, 0) is 32.4 Å². The van der Waals surface area contributed by atoms with Gasteiger partial charge in [0.1, 0.15) is 0 Å². The molecule has 24 heavy (non-hydrogen) atoms. The summed E-state index contributed by atoms with van der Waals surface area (Å²) in [6, 6.07) is 10.2. The van der Waals surface area contributed by atoms with Crippen LogP contribution in [0.25, 0.3) is 0 Å². The maximum absolute atomic E-state index is 4.44. The van der Waals surface area contributed by atoms with Crippen LogP contribution >= 0.6 is 0 Å². The monoisotopic (exact) mass is 328 g/mol. The summed E-state index contributed by atoms with van der Waals surface area (Å²) in [5.74, 6) is 0.817. The lowest BCUT2D eigenvalue weighted by molar-refractivity contribution is 0.728. The molecule has 0 saturated carbocycles. The number of aryl methyl sites for hydroxylation is 2. The van der Waals surface area contributed by atoms with Crippen LogP contribution in [0.3, 0.4) is 0 Å². The van der Waals surface area contributed by atoms with Gasteiger partial charge in [-0.25, -0.2) is 0 Å². The molecule has 6 nitrogen and oxygen atoms in total. The first kappa shape index (κ1) is 17.8. The third-order valence-corrected chi connectivity index (χ3v) is 4.06. The molecule has 0 aliphatic carbocycles. The standard InChI is InChI=1S/C18H28N6/c1-14-17(15(2)24(4)23-14)13-22-18(19-3)21-12-8-11-20-16-9-6-5-7-10-16/h5-7,9-10,20H,8,11-13H2,1-4H3,(H2,19,21,22). The van der Waals surface area contributed by atoms with E-state index in [1.807, 2.05) is 36.9 Å². The lowest BCUT2D eigenvalue weighted by atomic mass is 10.2. The van der Waals surface area contributed by atoms with Gasteiger partial charge in [-0.3, -0.25) is 9.67 Å².